The molecule has 3 fully saturated rings. The molecule has 0 radical (unpaired) electrons. The minimum atomic E-state index is -1.49. The topological polar surface area (TPSA) is 199 Å². The standard InChI is InChI=1S/C34H46N2O11/c1-16(32(43)36-23-24(38)26(40)31-30(25(23)39)44-15-45-31)12-19-8-11-22(21(37)13-19)46-33-28(42)27(41)29(47-33)17(2)35-14-18-6-9-20(10-7-18)34(3,4)5/h6-13,17,23-31,33,35,37-42H,14-15H2,1-5H3,(H,36,43)/b16-12-/t17?,23-,24+,25-,26-,27+,28+,29?,30+,31-,33-/m1/s1. The molecule has 11 atom stereocenters. The molecule has 1 aliphatic carbocycles. The lowest BCUT2D eigenvalue weighted by molar-refractivity contribution is -0.155. The average Bonchev–Trinajstić information content (AvgIpc) is 3.63. The predicted molar refractivity (Wildman–Crippen MR) is 169 cm³/mol. The highest BCUT2D eigenvalue weighted by Gasteiger charge is 2.53. The molecule has 8 N–H and O–H groups in total. The van der Waals surface area contributed by atoms with Crippen LogP contribution < -0.4 is 15.4 Å². The maximum Gasteiger partial charge on any atom is 0.247 e. The van der Waals surface area contributed by atoms with Crippen LogP contribution >= 0.6 is 0 Å². The number of ether oxygens (including phenoxy) is 4. The number of carbonyl (C=O) groups is 1. The Hall–Kier alpha value is -3.11. The number of benzene rings is 2. The van der Waals surface area contributed by atoms with Crippen LogP contribution in [-0.4, -0.2) is 111 Å². The summed E-state index contributed by atoms with van der Waals surface area (Å²) in [6.07, 6.45) is -9.13. The Morgan fingerprint density at radius 1 is 0.957 bits per heavy atom. The Labute approximate surface area is 273 Å². The van der Waals surface area contributed by atoms with Crippen LogP contribution in [0.25, 0.3) is 6.08 Å². The van der Waals surface area contributed by atoms with E-state index < -0.39 is 67.1 Å². The molecular weight excluding hydrogens is 612 g/mol. The lowest BCUT2D eigenvalue weighted by Crippen LogP contribution is -2.67. The van der Waals surface area contributed by atoms with Crippen LogP contribution in [0.3, 0.4) is 0 Å². The molecule has 2 saturated heterocycles. The Balaban J connectivity index is 1.16. The van der Waals surface area contributed by atoms with E-state index in [0.29, 0.717) is 12.1 Å². The zero-order valence-corrected chi connectivity index (χ0v) is 27.1. The summed E-state index contributed by atoms with van der Waals surface area (Å²) < 4.78 is 22.1. The van der Waals surface area contributed by atoms with Gasteiger partial charge in [-0.2, -0.15) is 0 Å². The average molecular weight is 659 g/mol. The van der Waals surface area contributed by atoms with Crippen molar-refractivity contribution in [3.63, 3.8) is 0 Å². The molecular formula is C34H46N2O11. The smallest absolute Gasteiger partial charge is 0.247 e. The third-order valence-corrected chi connectivity index (χ3v) is 9.07. The fourth-order valence-electron chi connectivity index (χ4n) is 6.09. The normalized spacial score (nSPS) is 33.4. The number of phenolic OH excluding ortho intramolecular Hbond substituents is 1. The van der Waals surface area contributed by atoms with Crippen LogP contribution in [0.5, 0.6) is 11.5 Å². The third kappa shape index (κ3) is 7.64. The van der Waals surface area contributed by atoms with Gasteiger partial charge in [-0.25, -0.2) is 0 Å². The van der Waals surface area contributed by atoms with Gasteiger partial charge in [-0.3, -0.25) is 4.79 Å². The first-order chi connectivity index (χ1) is 22.1. The number of phenols is 1. The van der Waals surface area contributed by atoms with Gasteiger partial charge in [0, 0.05) is 18.2 Å². The van der Waals surface area contributed by atoms with Gasteiger partial charge in [-0.1, -0.05) is 51.1 Å². The fraction of sp³-hybridized carbons (Fsp3) is 0.559. The Morgan fingerprint density at radius 3 is 2.26 bits per heavy atom. The van der Waals surface area contributed by atoms with Crippen molar-refractivity contribution < 1.29 is 54.4 Å². The summed E-state index contributed by atoms with van der Waals surface area (Å²) in [5.41, 5.74) is 2.96. The van der Waals surface area contributed by atoms with Crippen molar-refractivity contribution in [2.45, 2.75) is 114 Å². The van der Waals surface area contributed by atoms with Crippen molar-refractivity contribution in [2.24, 2.45) is 0 Å². The number of hydrogen-bond acceptors (Lipinski definition) is 12. The second-order valence-corrected chi connectivity index (χ2v) is 13.6. The first kappa shape index (κ1) is 35.2. The van der Waals surface area contributed by atoms with E-state index in [9.17, 15) is 35.4 Å². The first-order valence-electron chi connectivity index (χ1n) is 15.8. The van der Waals surface area contributed by atoms with E-state index in [1.165, 1.54) is 30.7 Å². The van der Waals surface area contributed by atoms with Crippen LogP contribution in [0.4, 0.5) is 0 Å². The maximum absolute atomic E-state index is 12.9. The van der Waals surface area contributed by atoms with Crippen molar-refractivity contribution in [3.8, 4) is 11.5 Å². The second-order valence-electron chi connectivity index (χ2n) is 13.6. The number of aromatic hydroxyl groups is 1. The molecule has 2 aromatic rings. The number of aliphatic hydroxyl groups is 5. The van der Waals surface area contributed by atoms with Gasteiger partial charge in [0.2, 0.25) is 12.2 Å². The highest BCUT2D eigenvalue weighted by Crippen LogP contribution is 2.34. The number of hydrogen-bond donors (Lipinski definition) is 8. The van der Waals surface area contributed by atoms with Gasteiger partial charge in [0.15, 0.2) is 11.5 Å². The molecule has 13 nitrogen and oxygen atoms in total. The van der Waals surface area contributed by atoms with Crippen LogP contribution in [-0.2, 0) is 31.0 Å². The molecule has 1 saturated carbocycles. The molecule has 5 rings (SSSR count). The van der Waals surface area contributed by atoms with E-state index in [1.54, 1.807) is 6.07 Å². The number of fused-ring (bicyclic) bond motifs is 1. The van der Waals surface area contributed by atoms with Crippen molar-refractivity contribution in [1.82, 2.24) is 10.6 Å². The number of amides is 1. The van der Waals surface area contributed by atoms with Gasteiger partial charge in [0.05, 0.1) is 6.04 Å². The maximum atomic E-state index is 12.9. The van der Waals surface area contributed by atoms with Crippen LogP contribution in [0.1, 0.15) is 51.3 Å². The van der Waals surface area contributed by atoms with Gasteiger partial charge in [-0.05, 0) is 54.2 Å². The molecule has 3 aliphatic rings. The van der Waals surface area contributed by atoms with Crippen molar-refractivity contribution in [2.75, 3.05) is 6.79 Å². The van der Waals surface area contributed by atoms with Gasteiger partial charge >= 0.3 is 0 Å². The van der Waals surface area contributed by atoms with Crippen molar-refractivity contribution in [1.29, 1.82) is 0 Å². The highest BCUT2D eigenvalue weighted by molar-refractivity contribution is 5.97. The van der Waals surface area contributed by atoms with Gasteiger partial charge in [0.25, 0.3) is 0 Å². The molecule has 0 spiro atoms. The van der Waals surface area contributed by atoms with Gasteiger partial charge < -0.3 is 60.2 Å². The van der Waals surface area contributed by atoms with E-state index in [4.69, 9.17) is 18.9 Å². The Morgan fingerprint density at radius 2 is 1.62 bits per heavy atom. The summed E-state index contributed by atoms with van der Waals surface area (Å²) in [5, 5.41) is 69.3. The minimum Gasteiger partial charge on any atom is -0.504 e. The molecule has 13 heteroatoms. The summed E-state index contributed by atoms with van der Waals surface area (Å²) >= 11 is 0. The molecule has 0 aromatic heterocycles. The van der Waals surface area contributed by atoms with Crippen molar-refractivity contribution >= 4 is 12.0 Å². The lowest BCUT2D eigenvalue weighted by atomic mass is 9.83. The van der Waals surface area contributed by atoms with Gasteiger partial charge in [0.1, 0.15) is 55.6 Å². The molecule has 2 aromatic carbocycles. The van der Waals surface area contributed by atoms with E-state index in [2.05, 4.69) is 55.7 Å². The summed E-state index contributed by atoms with van der Waals surface area (Å²) in [5.74, 6) is -0.919. The summed E-state index contributed by atoms with van der Waals surface area (Å²) in [7, 11) is 0. The first-order valence-corrected chi connectivity index (χ1v) is 15.8. The predicted octanol–water partition coefficient (Wildman–Crippen LogP) is 0.419. The minimum absolute atomic E-state index is 0.00326. The second kappa shape index (κ2) is 14.2. The zero-order valence-electron chi connectivity index (χ0n) is 27.1. The lowest BCUT2D eigenvalue weighted by Gasteiger charge is -2.41. The summed E-state index contributed by atoms with van der Waals surface area (Å²) in [6.45, 7) is 10.2. The molecule has 2 unspecified atom stereocenters. The largest absolute Gasteiger partial charge is 0.504 e. The SMILES string of the molecule is C/C(=C/c1ccc(O[C@@H]2OC(C(C)NCc3ccc(C(C)(C)C)cc3)[C@@H](O)[C@@H]2O)c(O)c1)C(=O)N[C@@H]1[C@H](O)[C@@H](O)[C@H]2OCO[C@H]2[C@@H]1O. The number of carbonyl (C=O) groups excluding carboxylic acids is 1. The Kier molecular flexibility index (Phi) is 10.6. The van der Waals surface area contributed by atoms with E-state index in [0.717, 1.165) is 5.56 Å². The number of nitrogens with one attached hydrogen (secondary N) is 2. The zero-order chi connectivity index (χ0) is 34.2. The quantitative estimate of drug-likeness (QED) is 0.173. The number of aliphatic hydroxyl groups excluding tert-OH is 5. The Bertz CT molecular complexity index is 1430. The molecule has 0 bridgehead atoms. The summed E-state index contributed by atoms with van der Waals surface area (Å²) in [6, 6.07) is 11.1. The number of rotatable bonds is 9. The summed E-state index contributed by atoms with van der Waals surface area (Å²) in [4.78, 5) is 12.9. The third-order valence-electron chi connectivity index (χ3n) is 9.07. The van der Waals surface area contributed by atoms with E-state index in [1.807, 2.05) is 6.92 Å². The molecule has 2 aliphatic heterocycles. The highest BCUT2D eigenvalue weighted by atomic mass is 16.7. The van der Waals surface area contributed by atoms with E-state index in [-0.39, 0.29) is 35.3 Å². The molecule has 2 heterocycles. The van der Waals surface area contributed by atoms with Gasteiger partial charge in [-0.15, -0.1) is 0 Å². The van der Waals surface area contributed by atoms with Crippen LogP contribution in [0, 0.1) is 0 Å². The molecule has 47 heavy (non-hydrogen) atoms. The van der Waals surface area contributed by atoms with E-state index >= 15 is 0 Å². The van der Waals surface area contributed by atoms with Crippen LogP contribution in [0.2, 0.25) is 0 Å². The van der Waals surface area contributed by atoms with Crippen LogP contribution in [0.15, 0.2) is 48.0 Å². The monoisotopic (exact) mass is 658 g/mol. The molecule has 1 amide bonds. The molecule has 258 valence electrons. The fourth-order valence-corrected chi connectivity index (χ4v) is 6.09. The van der Waals surface area contributed by atoms with Crippen molar-refractivity contribution in [3.05, 3.63) is 64.7 Å².